The van der Waals surface area contributed by atoms with Crippen molar-refractivity contribution in [3.8, 4) is 5.75 Å². The zero-order chi connectivity index (χ0) is 19.0. The Morgan fingerprint density at radius 1 is 1.19 bits per heavy atom. The van der Waals surface area contributed by atoms with Crippen LogP contribution < -0.4 is 15.0 Å². The Bertz CT molecular complexity index is 922. The predicted octanol–water partition coefficient (Wildman–Crippen LogP) is 2.36. The topological polar surface area (TPSA) is 84.9 Å². The predicted molar refractivity (Wildman–Crippen MR) is 97.6 cm³/mol. The van der Waals surface area contributed by atoms with Gasteiger partial charge in [0, 0.05) is 29.9 Å². The monoisotopic (exact) mass is 366 g/mol. The molecule has 7 nitrogen and oxygen atoms in total. The lowest BCUT2D eigenvalue weighted by atomic mass is 10.1. The number of cyclic esters (lactones) is 1. The van der Waals surface area contributed by atoms with Crippen LogP contribution in [0.5, 0.6) is 5.75 Å². The molecule has 1 N–H and O–H groups in total. The van der Waals surface area contributed by atoms with Crippen molar-refractivity contribution in [1.29, 1.82) is 0 Å². The summed E-state index contributed by atoms with van der Waals surface area (Å²) < 4.78 is 10.1. The van der Waals surface area contributed by atoms with Gasteiger partial charge in [0.25, 0.3) is 0 Å². The molecule has 2 aliphatic heterocycles. The van der Waals surface area contributed by atoms with E-state index in [1.54, 1.807) is 54.5 Å². The lowest BCUT2D eigenvalue weighted by Crippen LogP contribution is -2.28. The van der Waals surface area contributed by atoms with Gasteiger partial charge < -0.3 is 19.7 Å². The van der Waals surface area contributed by atoms with Crippen molar-refractivity contribution in [3.05, 3.63) is 53.6 Å². The average Bonchev–Trinajstić information content (AvgIpc) is 3.25. The van der Waals surface area contributed by atoms with Gasteiger partial charge in [-0.15, -0.1) is 0 Å². The van der Waals surface area contributed by atoms with E-state index in [1.807, 2.05) is 0 Å². The zero-order valence-electron chi connectivity index (χ0n) is 14.7. The van der Waals surface area contributed by atoms with Crippen LogP contribution in [0.1, 0.15) is 22.3 Å². The highest BCUT2D eigenvalue weighted by molar-refractivity contribution is 6.04. The quantitative estimate of drug-likeness (QED) is 0.840. The van der Waals surface area contributed by atoms with E-state index in [9.17, 15) is 14.4 Å². The number of anilines is 2. The van der Waals surface area contributed by atoms with Gasteiger partial charge in [-0.25, -0.2) is 4.79 Å². The summed E-state index contributed by atoms with van der Waals surface area (Å²) in [5.74, 6) is -0.387. The molecule has 0 aliphatic carbocycles. The van der Waals surface area contributed by atoms with Gasteiger partial charge in [0.15, 0.2) is 0 Å². The van der Waals surface area contributed by atoms with E-state index in [-0.39, 0.29) is 30.8 Å². The number of nitrogens with zero attached hydrogens (tertiary/aromatic N) is 1. The molecule has 0 radical (unpaired) electrons. The van der Waals surface area contributed by atoms with Gasteiger partial charge in [-0.05, 0) is 42.5 Å². The molecule has 2 heterocycles. The highest BCUT2D eigenvalue weighted by Gasteiger charge is 2.35. The number of methoxy groups -OCH3 is 1. The fourth-order valence-corrected chi connectivity index (χ4v) is 3.35. The second-order valence-corrected chi connectivity index (χ2v) is 6.54. The Morgan fingerprint density at radius 3 is 2.70 bits per heavy atom. The molecule has 0 unspecified atom stereocenters. The second kappa shape index (κ2) is 6.75. The number of benzene rings is 2. The van der Waals surface area contributed by atoms with Gasteiger partial charge in [0.1, 0.15) is 12.4 Å². The summed E-state index contributed by atoms with van der Waals surface area (Å²) in [6, 6.07) is 12.2. The number of amides is 2. The van der Waals surface area contributed by atoms with Crippen LogP contribution in [-0.2, 0) is 20.9 Å². The molecule has 1 fully saturated rings. The van der Waals surface area contributed by atoms with E-state index in [1.165, 1.54) is 0 Å². The smallest absolute Gasteiger partial charge is 0.338 e. The van der Waals surface area contributed by atoms with E-state index in [0.717, 1.165) is 11.3 Å². The summed E-state index contributed by atoms with van der Waals surface area (Å²) in [6.45, 7) is 0.536. The maximum atomic E-state index is 12.6. The normalized spacial score (nSPS) is 18.3. The van der Waals surface area contributed by atoms with Crippen molar-refractivity contribution >= 4 is 29.2 Å². The molecule has 7 heteroatoms. The summed E-state index contributed by atoms with van der Waals surface area (Å²) >= 11 is 0. The molecule has 0 spiro atoms. The first-order chi connectivity index (χ1) is 13.0. The van der Waals surface area contributed by atoms with Crippen molar-refractivity contribution in [2.24, 2.45) is 5.92 Å². The number of ether oxygens (including phenoxy) is 2. The molecule has 2 aromatic carbocycles. The van der Waals surface area contributed by atoms with E-state index in [2.05, 4.69) is 5.32 Å². The van der Waals surface area contributed by atoms with Crippen molar-refractivity contribution in [3.63, 3.8) is 0 Å². The number of rotatable bonds is 4. The van der Waals surface area contributed by atoms with Crippen molar-refractivity contribution < 1.29 is 23.9 Å². The third kappa shape index (κ3) is 3.23. The molecule has 2 aromatic rings. The fraction of sp³-hybridized carbons (Fsp3) is 0.250. The number of hydrogen-bond acceptors (Lipinski definition) is 5. The van der Waals surface area contributed by atoms with Crippen LogP contribution in [0.2, 0.25) is 0 Å². The minimum Gasteiger partial charge on any atom is -0.497 e. The highest BCUT2D eigenvalue weighted by atomic mass is 16.5. The first-order valence-corrected chi connectivity index (χ1v) is 8.60. The van der Waals surface area contributed by atoms with Crippen LogP contribution in [0.25, 0.3) is 0 Å². The zero-order valence-corrected chi connectivity index (χ0v) is 14.7. The molecule has 27 heavy (non-hydrogen) atoms. The average molecular weight is 366 g/mol. The van der Waals surface area contributed by atoms with Crippen LogP contribution in [0, 0.1) is 5.92 Å². The molecule has 0 aromatic heterocycles. The van der Waals surface area contributed by atoms with Gasteiger partial charge in [-0.2, -0.15) is 0 Å². The van der Waals surface area contributed by atoms with E-state index in [4.69, 9.17) is 9.47 Å². The van der Waals surface area contributed by atoms with E-state index >= 15 is 0 Å². The van der Waals surface area contributed by atoms with Crippen molar-refractivity contribution in [2.45, 2.75) is 13.0 Å². The standard InChI is InChI=1S/C20H18N2O5/c1-26-16-5-3-15(4-6-16)22-10-12(9-18(22)23)19(24)21-14-2-7-17-13(8-14)11-27-20(17)25/h2-8,12H,9-11H2,1H3,(H,21,24)/t12-/m0/s1. The molecular weight excluding hydrogens is 348 g/mol. The number of carbonyl (C=O) groups excluding carboxylic acids is 3. The molecule has 2 aliphatic rings. The number of carbonyl (C=O) groups is 3. The molecular formula is C20H18N2O5. The van der Waals surface area contributed by atoms with Crippen LogP contribution in [-0.4, -0.2) is 31.4 Å². The van der Waals surface area contributed by atoms with Crippen LogP contribution in [0.15, 0.2) is 42.5 Å². The minimum absolute atomic E-state index is 0.0896. The number of hydrogen-bond donors (Lipinski definition) is 1. The minimum atomic E-state index is -0.439. The molecule has 4 rings (SSSR count). The lowest BCUT2D eigenvalue weighted by molar-refractivity contribution is -0.122. The summed E-state index contributed by atoms with van der Waals surface area (Å²) in [5.41, 5.74) is 2.60. The Hall–Kier alpha value is -3.35. The highest BCUT2D eigenvalue weighted by Crippen LogP contribution is 2.28. The van der Waals surface area contributed by atoms with E-state index < -0.39 is 5.92 Å². The third-order valence-corrected chi connectivity index (χ3v) is 4.83. The molecule has 2 amide bonds. The summed E-state index contributed by atoms with van der Waals surface area (Å²) in [5, 5.41) is 2.83. The summed E-state index contributed by atoms with van der Waals surface area (Å²) in [7, 11) is 1.58. The second-order valence-electron chi connectivity index (χ2n) is 6.54. The van der Waals surface area contributed by atoms with Crippen LogP contribution in [0.4, 0.5) is 11.4 Å². The fourth-order valence-electron chi connectivity index (χ4n) is 3.35. The largest absolute Gasteiger partial charge is 0.497 e. The first-order valence-electron chi connectivity index (χ1n) is 8.60. The summed E-state index contributed by atoms with van der Waals surface area (Å²) in [6.07, 6.45) is 0.157. The molecule has 0 saturated carbocycles. The van der Waals surface area contributed by atoms with E-state index in [0.29, 0.717) is 23.5 Å². The van der Waals surface area contributed by atoms with Crippen LogP contribution >= 0.6 is 0 Å². The van der Waals surface area contributed by atoms with Gasteiger partial charge in [-0.1, -0.05) is 0 Å². The SMILES string of the molecule is COc1ccc(N2C[C@@H](C(=O)Nc3ccc4c(c3)COC4=O)CC2=O)cc1. The Kier molecular flexibility index (Phi) is 4.27. The molecule has 138 valence electrons. The number of nitrogens with one attached hydrogen (secondary N) is 1. The Morgan fingerprint density at radius 2 is 1.96 bits per heavy atom. The van der Waals surface area contributed by atoms with Gasteiger partial charge in [-0.3, -0.25) is 9.59 Å². The van der Waals surface area contributed by atoms with Gasteiger partial charge in [0.05, 0.1) is 18.6 Å². The summed E-state index contributed by atoms with van der Waals surface area (Å²) in [4.78, 5) is 38.0. The number of esters is 1. The maximum absolute atomic E-state index is 12.6. The third-order valence-electron chi connectivity index (χ3n) is 4.83. The van der Waals surface area contributed by atoms with Gasteiger partial charge >= 0.3 is 5.97 Å². The molecule has 1 atom stereocenters. The van der Waals surface area contributed by atoms with Crippen molar-refractivity contribution in [1.82, 2.24) is 0 Å². The Balaban J connectivity index is 1.44. The van der Waals surface area contributed by atoms with Crippen LogP contribution in [0.3, 0.4) is 0 Å². The Labute approximate surface area is 155 Å². The lowest BCUT2D eigenvalue weighted by Gasteiger charge is -2.17. The maximum Gasteiger partial charge on any atom is 0.338 e. The molecule has 0 bridgehead atoms. The number of fused-ring (bicyclic) bond motifs is 1. The first kappa shape index (κ1) is 17.1. The van der Waals surface area contributed by atoms with Crippen molar-refractivity contribution in [2.75, 3.05) is 23.9 Å². The van der Waals surface area contributed by atoms with Gasteiger partial charge in [0.2, 0.25) is 11.8 Å². The molecule has 1 saturated heterocycles.